The second-order valence-corrected chi connectivity index (χ2v) is 9.90. The molecule has 0 spiro atoms. The van der Waals surface area contributed by atoms with Crippen molar-refractivity contribution in [2.75, 3.05) is 26.4 Å². The van der Waals surface area contributed by atoms with Crippen LogP contribution in [0.2, 0.25) is 0 Å². The van der Waals surface area contributed by atoms with Crippen LogP contribution >= 0.6 is 0 Å². The maximum absolute atomic E-state index is 12.1. The number of aliphatic hydroxyl groups excluding tert-OH is 2. The molecular formula is C32H30O14. The lowest BCUT2D eigenvalue weighted by molar-refractivity contribution is 0.0127. The number of phenolic OH excluding ortho intramolecular Hbond substituents is 6. The van der Waals surface area contributed by atoms with Crippen LogP contribution in [0.25, 0.3) is 11.1 Å². The van der Waals surface area contributed by atoms with E-state index in [1.165, 1.54) is 0 Å². The topological polar surface area (TPSA) is 233 Å². The van der Waals surface area contributed by atoms with E-state index in [0.717, 1.165) is 35.4 Å². The van der Waals surface area contributed by atoms with Crippen LogP contribution in [-0.4, -0.2) is 91.4 Å². The molecule has 0 aromatic heterocycles. The van der Waals surface area contributed by atoms with Crippen molar-refractivity contribution in [3.05, 3.63) is 83.9 Å². The lowest BCUT2D eigenvalue weighted by Gasteiger charge is -2.14. The molecule has 4 rings (SSSR count). The Morgan fingerprint density at radius 1 is 0.500 bits per heavy atom. The fourth-order valence-electron chi connectivity index (χ4n) is 3.92. The van der Waals surface area contributed by atoms with Crippen molar-refractivity contribution in [1.29, 1.82) is 0 Å². The minimum atomic E-state index is -1.18. The van der Waals surface area contributed by atoms with Crippen molar-refractivity contribution in [3.8, 4) is 57.1 Å². The number of hydrogen-bond acceptors (Lipinski definition) is 14. The van der Waals surface area contributed by atoms with E-state index in [4.69, 9.17) is 18.9 Å². The summed E-state index contributed by atoms with van der Waals surface area (Å²) in [5, 5.41) is 77.0. The minimum absolute atomic E-state index is 0.195. The molecule has 0 fully saturated rings. The van der Waals surface area contributed by atoms with Gasteiger partial charge in [0.2, 0.25) is 0 Å². The number of ether oxygens (including phenoxy) is 4. The second-order valence-electron chi connectivity index (χ2n) is 9.90. The number of carbonyl (C=O) groups is 2. The van der Waals surface area contributed by atoms with Crippen LogP contribution < -0.4 is 9.47 Å². The highest BCUT2D eigenvalue weighted by molar-refractivity contribution is 5.91. The summed E-state index contributed by atoms with van der Waals surface area (Å²) < 4.78 is 21.0. The molecule has 0 heterocycles. The normalized spacial score (nSPS) is 12.1. The summed E-state index contributed by atoms with van der Waals surface area (Å²) in [5.41, 5.74) is 1.25. The molecule has 0 aliphatic carbocycles. The Labute approximate surface area is 261 Å². The molecule has 0 amide bonds. The van der Waals surface area contributed by atoms with Gasteiger partial charge < -0.3 is 59.8 Å². The standard InChI is InChI=1S/C32H30O14/c33-21(15-45-31(41)19-9-25(35)29(39)26(36)10-19)13-43-23-5-1-17(2-6-23)18-3-7-24(8-4-18)44-14-22(34)16-46-32(42)20-11-27(37)30(40)28(38)12-20/h1-12,21-22,33-40H,13-16H2. The molecule has 242 valence electrons. The van der Waals surface area contributed by atoms with Gasteiger partial charge in [-0.3, -0.25) is 0 Å². The first-order valence-corrected chi connectivity index (χ1v) is 13.6. The second kappa shape index (κ2) is 14.7. The van der Waals surface area contributed by atoms with Gasteiger partial charge in [0.15, 0.2) is 34.5 Å². The fraction of sp³-hybridized carbons (Fsp3) is 0.188. The number of phenols is 6. The lowest BCUT2D eigenvalue weighted by atomic mass is 10.1. The zero-order valence-electron chi connectivity index (χ0n) is 23.9. The van der Waals surface area contributed by atoms with Gasteiger partial charge in [0.25, 0.3) is 0 Å². The van der Waals surface area contributed by atoms with Crippen LogP contribution in [0.15, 0.2) is 72.8 Å². The average molecular weight is 639 g/mol. The van der Waals surface area contributed by atoms with Gasteiger partial charge in [0, 0.05) is 0 Å². The Balaban J connectivity index is 1.18. The van der Waals surface area contributed by atoms with E-state index in [1.807, 2.05) is 0 Å². The SMILES string of the molecule is O=C(OCC(O)COc1ccc(-c2ccc(OCC(O)COC(=O)c3cc(O)c(O)c(O)c3)cc2)cc1)c1cc(O)c(O)c(O)c1. The molecule has 0 bridgehead atoms. The molecule has 0 aliphatic heterocycles. The molecule has 14 heteroatoms. The summed E-state index contributed by atoms with van der Waals surface area (Å²) in [6.45, 7) is -1.24. The first-order chi connectivity index (χ1) is 21.9. The highest BCUT2D eigenvalue weighted by Crippen LogP contribution is 2.36. The van der Waals surface area contributed by atoms with Crippen LogP contribution in [0, 0.1) is 0 Å². The molecule has 2 unspecified atom stereocenters. The minimum Gasteiger partial charge on any atom is -0.504 e. The van der Waals surface area contributed by atoms with E-state index in [9.17, 15) is 50.4 Å². The predicted octanol–water partition coefficient (Wildman–Crippen LogP) is 2.78. The number of hydrogen-bond donors (Lipinski definition) is 8. The molecule has 4 aromatic carbocycles. The Bertz CT molecular complexity index is 1500. The molecular weight excluding hydrogens is 608 g/mol. The molecule has 0 saturated carbocycles. The van der Waals surface area contributed by atoms with Gasteiger partial charge in [-0.25, -0.2) is 9.59 Å². The fourth-order valence-corrected chi connectivity index (χ4v) is 3.92. The van der Waals surface area contributed by atoms with Gasteiger partial charge in [0.05, 0.1) is 11.1 Å². The average Bonchev–Trinajstić information content (AvgIpc) is 3.05. The number of aromatic hydroxyl groups is 6. The maximum Gasteiger partial charge on any atom is 0.338 e. The summed E-state index contributed by atoms with van der Waals surface area (Å²) in [5.74, 6) is -5.31. The molecule has 4 aromatic rings. The highest BCUT2D eigenvalue weighted by Gasteiger charge is 2.18. The van der Waals surface area contributed by atoms with Gasteiger partial charge in [-0.2, -0.15) is 0 Å². The zero-order chi connectivity index (χ0) is 33.4. The first-order valence-electron chi connectivity index (χ1n) is 13.6. The smallest absolute Gasteiger partial charge is 0.338 e. The Morgan fingerprint density at radius 3 is 1.11 bits per heavy atom. The largest absolute Gasteiger partial charge is 0.504 e. The summed E-state index contributed by atoms with van der Waals surface area (Å²) in [4.78, 5) is 24.2. The van der Waals surface area contributed by atoms with Gasteiger partial charge in [-0.05, 0) is 59.7 Å². The van der Waals surface area contributed by atoms with Crippen LogP contribution in [0.1, 0.15) is 20.7 Å². The van der Waals surface area contributed by atoms with Gasteiger partial charge >= 0.3 is 11.9 Å². The van der Waals surface area contributed by atoms with Crippen molar-refractivity contribution in [1.82, 2.24) is 0 Å². The maximum atomic E-state index is 12.1. The van der Waals surface area contributed by atoms with Crippen molar-refractivity contribution in [2.45, 2.75) is 12.2 Å². The van der Waals surface area contributed by atoms with E-state index in [0.29, 0.717) is 11.5 Å². The van der Waals surface area contributed by atoms with Crippen LogP contribution in [0.3, 0.4) is 0 Å². The third kappa shape index (κ3) is 8.62. The third-order valence-electron chi connectivity index (χ3n) is 6.35. The molecule has 46 heavy (non-hydrogen) atoms. The van der Waals surface area contributed by atoms with E-state index in [2.05, 4.69) is 0 Å². The van der Waals surface area contributed by atoms with Crippen LogP contribution in [0.5, 0.6) is 46.0 Å². The van der Waals surface area contributed by atoms with E-state index in [1.54, 1.807) is 48.5 Å². The highest BCUT2D eigenvalue weighted by atomic mass is 16.6. The molecule has 0 radical (unpaired) electrons. The number of aliphatic hydroxyl groups is 2. The number of rotatable bonds is 13. The zero-order valence-corrected chi connectivity index (χ0v) is 23.9. The Kier molecular flexibility index (Phi) is 10.6. The van der Waals surface area contributed by atoms with Crippen molar-refractivity contribution < 1.29 is 69.4 Å². The predicted molar refractivity (Wildman–Crippen MR) is 158 cm³/mol. The Morgan fingerprint density at radius 2 is 0.804 bits per heavy atom. The van der Waals surface area contributed by atoms with E-state index in [-0.39, 0.29) is 24.3 Å². The monoisotopic (exact) mass is 638 g/mol. The van der Waals surface area contributed by atoms with Crippen LogP contribution in [-0.2, 0) is 9.47 Å². The van der Waals surface area contributed by atoms with Crippen molar-refractivity contribution in [2.24, 2.45) is 0 Å². The summed E-state index contributed by atoms with van der Waals surface area (Å²) in [7, 11) is 0. The van der Waals surface area contributed by atoms with E-state index >= 15 is 0 Å². The van der Waals surface area contributed by atoms with E-state index < -0.39 is 71.9 Å². The molecule has 0 aliphatic rings. The summed E-state index contributed by atoms with van der Waals surface area (Å²) in [6.07, 6.45) is -2.35. The van der Waals surface area contributed by atoms with Crippen molar-refractivity contribution in [3.63, 3.8) is 0 Å². The van der Waals surface area contributed by atoms with Gasteiger partial charge in [-0.1, -0.05) is 24.3 Å². The quantitative estimate of drug-likeness (QED) is 0.0777. The van der Waals surface area contributed by atoms with Gasteiger partial charge in [-0.15, -0.1) is 0 Å². The molecule has 14 nitrogen and oxygen atoms in total. The number of esters is 2. The lowest BCUT2D eigenvalue weighted by Crippen LogP contribution is -2.25. The first kappa shape index (κ1) is 33.0. The number of benzene rings is 4. The number of carbonyl (C=O) groups excluding carboxylic acids is 2. The van der Waals surface area contributed by atoms with Gasteiger partial charge in [0.1, 0.15) is 50.1 Å². The third-order valence-corrected chi connectivity index (χ3v) is 6.35. The Hall–Kier alpha value is -5.86. The van der Waals surface area contributed by atoms with Crippen molar-refractivity contribution >= 4 is 11.9 Å². The molecule has 2 atom stereocenters. The summed E-state index contributed by atoms with van der Waals surface area (Å²) in [6, 6.07) is 17.5. The summed E-state index contributed by atoms with van der Waals surface area (Å²) >= 11 is 0. The molecule has 8 N–H and O–H groups in total. The van der Waals surface area contributed by atoms with Crippen LogP contribution in [0.4, 0.5) is 0 Å². The molecule has 0 saturated heterocycles.